The van der Waals surface area contributed by atoms with Gasteiger partial charge >= 0.3 is 0 Å². The molecule has 1 aromatic rings. The average molecular weight is 235 g/mol. The van der Waals surface area contributed by atoms with E-state index in [-0.39, 0.29) is 4.90 Å². The van der Waals surface area contributed by atoms with Crippen molar-refractivity contribution in [1.29, 1.82) is 0 Å². The van der Waals surface area contributed by atoms with E-state index >= 15 is 0 Å². The summed E-state index contributed by atoms with van der Waals surface area (Å²) in [6, 6.07) is 4.19. The number of amidine groups is 1. The molecule has 2 aliphatic rings. The van der Waals surface area contributed by atoms with Crippen LogP contribution in [-0.4, -0.2) is 18.8 Å². The minimum absolute atomic E-state index is 0.157. The third kappa shape index (κ3) is 1.22. The molecule has 0 atom stereocenters. The Kier molecular flexibility index (Phi) is 1.66. The molecule has 0 saturated carbocycles. The van der Waals surface area contributed by atoms with Gasteiger partial charge in [0.1, 0.15) is 0 Å². The molecule has 6 nitrogen and oxygen atoms in total. The van der Waals surface area contributed by atoms with Gasteiger partial charge in [0.25, 0.3) is 10.1 Å². The zero-order chi connectivity index (χ0) is 11.3. The molecule has 0 amide bonds. The lowest BCUT2D eigenvalue weighted by molar-refractivity contribution is 0.483. The molecule has 16 heavy (non-hydrogen) atoms. The first kappa shape index (κ1) is 9.37. The molecule has 0 saturated heterocycles. The summed E-state index contributed by atoms with van der Waals surface area (Å²) in [5, 5.41) is 7.45. The van der Waals surface area contributed by atoms with Gasteiger partial charge < -0.3 is 0 Å². The van der Waals surface area contributed by atoms with Crippen molar-refractivity contribution in [2.45, 2.75) is 4.90 Å². The molecule has 0 fully saturated rings. The van der Waals surface area contributed by atoms with Gasteiger partial charge in [-0.05, 0) is 18.2 Å². The lowest BCUT2D eigenvalue weighted by Gasteiger charge is -2.00. The quantitative estimate of drug-likeness (QED) is 0.752. The Labute approximate surface area is 90.8 Å². The second-order valence-corrected chi connectivity index (χ2v) is 4.77. The zero-order valence-corrected chi connectivity index (χ0v) is 8.64. The molecule has 1 N–H and O–H groups in total. The summed E-state index contributed by atoms with van der Waals surface area (Å²) in [6.45, 7) is 0. The highest BCUT2D eigenvalue weighted by Crippen LogP contribution is 2.38. The summed E-state index contributed by atoms with van der Waals surface area (Å²) >= 11 is 0. The van der Waals surface area contributed by atoms with Gasteiger partial charge in [-0.2, -0.15) is 13.5 Å². The molecule has 80 valence electrons. The second-order valence-electron chi connectivity index (χ2n) is 3.35. The lowest BCUT2D eigenvalue weighted by atomic mass is 10.1. The highest BCUT2D eigenvalue weighted by atomic mass is 32.2. The maximum Gasteiger partial charge on any atom is 0.294 e. The summed E-state index contributed by atoms with van der Waals surface area (Å²) in [6.07, 6.45) is 1.51. The SMILES string of the molecule is O=S(=O)(O)c1ccc2c(c1)C1=CN=NC1=N2. The number of fused-ring (bicyclic) bond motifs is 3. The number of rotatable bonds is 1. The van der Waals surface area contributed by atoms with Crippen molar-refractivity contribution in [1.82, 2.24) is 0 Å². The van der Waals surface area contributed by atoms with E-state index in [0.29, 0.717) is 22.7 Å². The van der Waals surface area contributed by atoms with Gasteiger partial charge in [0.15, 0.2) is 5.84 Å². The van der Waals surface area contributed by atoms with Crippen molar-refractivity contribution in [3.63, 3.8) is 0 Å². The van der Waals surface area contributed by atoms with Crippen LogP contribution in [0.15, 0.2) is 44.5 Å². The van der Waals surface area contributed by atoms with Crippen LogP contribution in [0.3, 0.4) is 0 Å². The summed E-state index contributed by atoms with van der Waals surface area (Å²) in [5.41, 5.74) is 1.93. The van der Waals surface area contributed by atoms with E-state index in [9.17, 15) is 8.42 Å². The third-order valence-corrected chi connectivity index (χ3v) is 3.21. The van der Waals surface area contributed by atoms with Crippen LogP contribution < -0.4 is 0 Å². The van der Waals surface area contributed by atoms with Crippen LogP contribution in [0.25, 0.3) is 5.57 Å². The monoisotopic (exact) mass is 235 g/mol. The molecule has 0 bridgehead atoms. The van der Waals surface area contributed by atoms with Crippen LogP contribution in [0.5, 0.6) is 0 Å². The minimum atomic E-state index is -4.19. The Morgan fingerprint density at radius 2 is 2.06 bits per heavy atom. The van der Waals surface area contributed by atoms with Crippen LogP contribution >= 0.6 is 0 Å². The highest BCUT2D eigenvalue weighted by Gasteiger charge is 2.25. The number of benzene rings is 1. The van der Waals surface area contributed by atoms with E-state index in [4.69, 9.17) is 4.55 Å². The Morgan fingerprint density at radius 1 is 1.25 bits per heavy atom. The first-order valence-electron chi connectivity index (χ1n) is 4.38. The first-order chi connectivity index (χ1) is 7.55. The van der Waals surface area contributed by atoms with Crippen molar-refractivity contribution in [2.24, 2.45) is 15.2 Å². The molecule has 0 aliphatic carbocycles. The summed E-state index contributed by atoms with van der Waals surface area (Å²) < 4.78 is 30.9. The van der Waals surface area contributed by atoms with Gasteiger partial charge in [0.2, 0.25) is 0 Å². The van der Waals surface area contributed by atoms with Gasteiger partial charge in [-0.15, -0.1) is 5.11 Å². The predicted octanol–water partition coefficient (Wildman–Crippen LogP) is 1.78. The Hall–Kier alpha value is -1.86. The molecule has 2 aliphatic heterocycles. The Balaban J connectivity index is 2.22. The van der Waals surface area contributed by atoms with Crippen molar-refractivity contribution >= 4 is 27.2 Å². The summed E-state index contributed by atoms with van der Waals surface area (Å²) in [7, 11) is -4.19. The van der Waals surface area contributed by atoms with Gasteiger partial charge in [0.05, 0.1) is 22.4 Å². The molecule has 0 aromatic heterocycles. The minimum Gasteiger partial charge on any atom is -0.282 e. The van der Waals surface area contributed by atoms with E-state index in [1.807, 2.05) is 0 Å². The predicted molar refractivity (Wildman–Crippen MR) is 56.2 cm³/mol. The average Bonchev–Trinajstić information content (AvgIpc) is 2.74. The van der Waals surface area contributed by atoms with Crippen LogP contribution in [0.4, 0.5) is 5.69 Å². The van der Waals surface area contributed by atoms with Crippen LogP contribution in [-0.2, 0) is 10.1 Å². The van der Waals surface area contributed by atoms with Crippen molar-refractivity contribution < 1.29 is 13.0 Å². The highest BCUT2D eigenvalue weighted by molar-refractivity contribution is 7.85. The number of hydrogen-bond donors (Lipinski definition) is 1. The largest absolute Gasteiger partial charge is 0.294 e. The maximum atomic E-state index is 11.0. The smallest absolute Gasteiger partial charge is 0.282 e. The number of azo groups is 1. The molecule has 7 heteroatoms. The van der Waals surface area contributed by atoms with Crippen LogP contribution in [0, 0.1) is 0 Å². The normalized spacial score (nSPS) is 16.8. The van der Waals surface area contributed by atoms with E-state index in [2.05, 4.69) is 15.2 Å². The fourth-order valence-electron chi connectivity index (χ4n) is 1.63. The zero-order valence-electron chi connectivity index (χ0n) is 7.82. The molecule has 3 rings (SSSR count). The van der Waals surface area contributed by atoms with Crippen LogP contribution in [0.2, 0.25) is 0 Å². The van der Waals surface area contributed by atoms with Crippen LogP contribution in [0.1, 0.15) is 5.56 Å². The van der Waals surface area contributed by atoms with Crippen molar-refractivity contribution in [3.8, 4) is 0 Å². The van der Waals surface area contributed by atoms with E-state index in [1.165, 1.54) is 24.4 Å². The van der Waals surface area contributed by atoms with Gasteiger partial charge in [-0.3, -0.25) is 4.55 Å². The second kappa shape index (κ2) is 2.83. The molecule has 0 radical (unpaired) electrons. The Morgan fingerprint density at radius 3 is 2.81 bits per heavy atom. The molecular weight excluding hydrogens is 230 g/mol. The van der Waals surface area contributed by atoms with Gasteiger partial charge in [0, 0.05) is 5.56 Å². The molecular formula is C9H5N3O3S. The maximum absolute atomic E-state index is 11.0. The summed E-state index contributed by atoms with van der Waals surface area (Å²) in [5.74, 6) is 0.475. The fraction of sp³-hybridized carbons (Fsp3) is 0. The Bertz CT molecular complexity index is 686. The lowest BCUT2D eigenvalue weighted by Crippen LogP contribution is -1.98. The topological polar surface area (TPSA) is 91.5 Å². The third-order valence-electron chi connectivity index (χ3n) is 2.36. The summed E-state index contributed by atoms with van der Waals surface area (Å²) in [4.78, 5) is 3.99. The first-order valence-corrected chi connectivity index (χ1v) is 5.82. The van der Waals surface area contributed by atoms with Crippen molar-refractivity contribution in [3.05, 3.63) is 30.0 Å². The van der Waals surface area contributed by atoms with E-state index in [0.717, 1.165) is 0 Å². The molecule has 1 aromatic carbocycles. The molecule has 0 spiro atoms. The molecule has 2 heterocycles. The fourth-order valence-corrected chi connectivity index (χ4v) is 2.14. The van der Waals surface area contributed by atoms with Crippen molar-refractivity contribution in [2.75, 3.05) is 0 Å². The standard InChI is InChI=1S/C9H5N3O3S/c13-16(14,15)5-1-2-8-6(3-5)7-4-10-12-9(7)11-8/h1-4H,(H,13,14,15). The number of nitrogens with zero attached hydrogens (tertiary/aromatic N) is 3. The number of hydrogen-bond acceptors (Lipinski definition) is 5. The molecule has 0 unspecified atom stereocenters. The number of aliphatic imine (C=N–C) groups is 1. The van der Waals surface area contributed by atoms with E-state index < -0.39 is 10.1 Å². The van der Waals surface area contributed by atoms with E-state index in [1.54, 1.807) is 0 Å². The van der Waals surface area contributed by atoms with Gasteiger partial charge in [-0.1, -0.05) is 0 Å². The van der Waals surface area contributed by atoms with Gasteiger partial charge in [-0.25, -0.2) is 4.99 Å².